The first-order chi connectivity index (χ1) is 18.4. The number of hydrogen-bond donors (Lipinski definition) is 2. The average molecular weight is 535 g/mol. The van der Waals surface area contributed by atoms with E-state index in [2.05, 4.69) is 51.2 Å². The minimum Gasteiger partial charge on any atom is -0.489 e. The second-order valence-corrected chi connectivity index (χ2v) is 10.9. The number of nitrogens with one attached hydrogen (secondary N) is 1. The van der Waals surface area contributed by atoms with Gasteiger partial charge in [0.05, 0.1) is 41.9 Å². The number of methoxy groups -OCH3 is 1. The molecule has 4 aromatic rings. The molecule has 0 radical (unpaired) electrons. The van der Waals surface area contributed by atoms with E-state index < -0.39 is 0 Å². The molecule has 0 bridgehead atoms. The fourth-order valence-corrected chi connectivity index (χ4v) is 5.76. The fourth-order valence-electron chi connectivity index (χ4n) is 4.77. The van der Waals surface area contributed by atoms with Crippen molar-refractivity contribution in [3.8, 4) is 22.8 Å². The van der Waals surface area contributed by atoms with Gasteiger partial charge in [-0.25, -0.2) is 15.0 Å². The molecule has 0 amide bonds. The first kappa shape index (κ1) is 26.1. The molecule has 10 heteroatoms. The first-order valence-corrected chi connectivity index (χ1v) is 13.6. The van der Waals surface area contributed by atoms with Crippen molar-refractivity contribution < 1.29 is 14.6 Å². The molecule has 2 N–H and O–H groups in total. The van der Waals surface area contributed by atoms with Gasteiger partial charge in [0, 0.05) is 60.1 Å². The number of benzene rings is 1. The number of aryl methyl sites for hydroxylation is 1. The van der Waals surface area contributed by atoms with E-state index in [9.17, 15) is 5.11 Å². The standard InChI is InChI=1S/C28H34N6O3S/c1-17(2)37-22-14-21(34-11-9-33(4)10-12-34)18(3)13-20(22)31-28-30-15-23-26(32-28)25(24(16-35)38-23)19-7-6-8-29-27(19)36-5/h6-8,13-15,17,35H,9-12,16H2,1-5H3,(H,30,31,32). The van der Waals surface area contributed by atoms with E-state index in [0.29, 0.717) is 11.8 Å². The molecular weight excluding hydrogens is 500 g/mol. The number of rotatable bonds is 8. The number of thiophene rings is 1. The molecule has 1 saturated heterocycles. The zero-order chi connectivity index (χ0) is 26.8. The average Bonchev–Trinajstić information content (AvgIpc) is 3.28. The van der Waals surface area contributed by atoms with Crippen molar-refractivity contribution in [2.45, 2.75) is 33.5 Å². The van der Waals surface area contributed by atoms with Gasteiger partial charge in [-0.05, 0) is 51.6 Å². The Morgan fingerprint density at radius 2 is 1.95 bits per heavy atom. The molecular formula is C28H34N6O3S. The van der Waals surface area contributed by atoms with Crippen LogP contribution in [0.25, 0.3) is 21.3 Å². The summed E-state index contributed by atoms with van der Waals surface area (Å²) >= 11 is 1.47. The molecule has 0 aliphatic carbocycles. The summed E-state index contributed by atoms with van der Waals surface area (Å²) in [6.07, 6.45) is 3.48. The van der Waals surface area contributed by atoms with Gasteiger partial charge in [-0.1, -0.05) is 0 Å². The Bertz CT molecular complexity index is 1430. The quantitative estimate of drug-likeness (QED) is 0.329. The summed E-state index contributed by atoms with van der Waals surface area (Å²) in [5, 5.41) is 13.5. The minimum atomic E-state index is -0.115. The number of pyridine rings is 1. The molecule has 9 nitrogen and oxygen atoms in total. The maximum absolute atomic E-state index is 10.1. The molecule has 1 aliphatic rings. The van der Waals surface area contributed by atoms with Crippen LogP contribution in [0.3, 0.4) is 0 Å². The van der Waals surface area contributed by atoms with E-state index in [-0.39, 0.29) is 12.7 Å². The zero-order valence-corrected chi connectivity index (χ0v) is 23.3. The second kappa shape index (κ2) is 11.1. The van der Waals surface area contributed by atoms with Gasteiger partial charge >= 0.3 is 0 Å². The van der Waals surface area contributed by atoms with Crippen LogP contribution in [0.15, 0.2) is 36.7 Å². The summed E-state index contributed by atoms with van der Waals surface area (Å²) in [5.41, 5.74) is 5.49. The third-order valence-electron chi connectivity index (χ3n) is 6.63. The highest BCUT2D eigenvalue weighted by atomic mass is 32.1. The molecule has 1 fully saturated rings. The topological polar surface area (TPSA) is 95.9 Å². The molecule has 0 spiro atoms. The fraction of sp³-hybridized carbons (Fsp3) is 0.393. The van der Waals surface area contributed by atoms with E-state index in [0.717, 1.165) is 69.4 Å². The van der Waals surface area contributed by atoms with Crippen LogP contribution in [0.1, 0.15) is 24.3 Å². The minimum absolute atomic E-state index is 0.00984. The Morgan fingerprint density at radius 1 is 1.16 bits per heavy atom. The smallest absolute Gasteiger partial charge is 0.227 e. The number of aliphatic hydroxyl groups excluding tert-OH is 1. The SMILES string of the molecule is COc1ncccc1-c1c(CO)sc2cnc(Nc3cc(C)c(N4CCN(C)CC4)cc3OC(C)C)nc12. The molecule has 3 aromatic heterocycles. The molecule has 200 valence electrons. The van der Waals surface area contributed by atoms with Gasteiger partial charge in [-0.2, -0.15) is 0 Å². The number of hydrogen-bond acceptors (Lipinski definition) is 10. The number of likely N-dealkylation sites (N-methyl/N-ethyl adjacent to an activating group) is 1. The van der Waals surface area contributed by atoms with Crippen LogP contribution < -0.4 is 19.7 Å². The third kappa shape index (κ3) is 5.24. The van der Waals surface area contributed by atoms with Crippen LogP contribution >= 0.6 is 11.3 Å². The summed E-state index contributed by atoms with van der Waals surface area (Å²) < 4.78 is 12.6. The molecule has 1 aromatic carbocycles. The van der Waals surface area contributed by atoms with Gasteiger partial charge in [-0.15, -0.1) is 11.3 Å². The van der Waals surface area contributed by atoms with Crippen LogP contribution in [0.2, 0.25) is 0 Å². The first-order valence-electron chi connectivity index (χ1n) is 12.8. The van der Waals surface area contributed by atoms with Crippen molar-refractivity contribution in [1.82, 2.24) is 19.9 Å². The normalized spacial score (nSPS) is 14.3. The Morgan fingerprint density at radius 3 is 2.66 bits per heavy atom. The van der Waals surface area contributed by atoms with Gasteiger partial charge in [0.1, 0.15) is 5.75 Å². The van der Waals surface area contributed by atoms with E-state index in [1.807, 2.05) is 26.0 Å². The zero-order valence-electron chi connectivity index (χ0n) is 22.5. The van der Waals surface area contributed by atoms with E-state index >= 15 is 0 Å². The number of ether oxygens (including phenoxy) is 2. The third-order valence-corrected chi connectivity index (χ3v) is 7.73. The highest BCUT2D eigenvalue weighted by Crippen LogP contribution is 2.42. The van der Waals surface area contributed by atoms with Crippen molar-refractivity contribution in [3.05, 3.63) is 47.1 Å². The van der Waals surface area contributed by atoms with Gasteiger partial charge in [0.15, 0.2) is 0 Å². The van der Waals surface area contributed by atoms with Crippen LogP contribution in [-0.2, 0) is 6.61 Å². The van der Waals surface area contributed by atoms with E-state index in [4.69, 9.17) is 14.5 Å². The maximum Gasteiger partial charge on any atom is 0.227 e. The molecule has 1 aliphatic heterocycles. The highest BCUT2D eigenvalue weighted by Gasteiger charge is 2.22. The van der Waals surface area contributed by atoms with Crippen molar-refractivity contribution in [2.75, 3.05) is 50.6 Å². The Balaban J connectivity index is 1.54. The Hall–Kier alpha value is -3.47. The number of fused-ring (bicyclic) bond motifs is 1. The number of aromatic nitrogens is 3. The molecule has 5 rings (SSSR count). The molecule has 0 atom stereocenters. The van der Waals surface area contributed by atoms with Crippen molar-refractivity contribution in [1.29, 1.82) is 0 Å². The molecule has 38 heavy (non-hydrogen) atoms. The molecule has 4 heterocycles. The summed E-state index contributed by atoms with van der Waals surface area (Å²) in [6, 6.07) is 8.01. The summed E-state index contributed by atoms with van der Waals surface area (Å²) in [6.45, 7) is 10.1. The van der Waals surface area contributed by atoms with Gasteiger partial charge < -0.3 is 29.7 Å². The highest BCUT2D eigenvalue weighted by molar-refractivity contribution is 7.19. The van der Waals surface area contributed by atoms with Crippen LogP contribution in [-0.4, -0.2) is 71.4 Å². The second-order valence-electron chi connectivity index (χ2n) is 9.74. The van der Waals surface area contributed by atoms with E-state index in [1.165, 1.54) is 17.0 Å². The van der Waals surface area contributed by atoms with Crippen molar-refractivity contribution in [2.24, 2.45) is 0 Å². The van der Waals surface area contributed by atoms with E-state index in [1.54, 1.807) is 19.5 Å². The Kier molecular flexibility index (Phi) is 7.64. The van der Waals surface area contributed by atoms with Gasteiger partial charge in [0.2, 0.25) is 11.8 Å². The predicted molar refractivity (Wildman–Crippen MR) is 153 cm³/mol. The van der Waals surface area contributed by atoms with Crippen LogP contribution in [0, 0.1) is 6.92 Å². The van der Waals surface area contributed by atoms with Gasteiger partial charge in [0.25, 0.3) is 0 Å². The molecule has 0 unspecified atom stereocenters. The number of piperazine rings is 1. The van der Waals surface area contributed by atoms with Crippen LogP contribution in [0.5, 0.6) is 11.6 Å². The largest absolute Gasteiger partial charge is 0.489 e. The maximum atomic E-state index is 10.1. The molecule has 0 saturated carbocycles. The lowest BCUT2D eigenvalue weighted by Gasteiger charge is -2.35. The lowest BCUT2D eigenvalue weighted by Crippen LogP contribution is -2.44. The predicted octanol–water partition coefficient (Wildman–Crippen LogP) is 4.85. The Labute approximate surface area is 227 Å². The number of nitrogens with zero attached hydrogens (tertiary/aromatic N) is 5. The number of anilines is 3. The van der Waals surface area contributed by atoms with Crippen molar-refractivity contribution >= 4 is 38.9 Å². The monoisotopic (exact) mass is 534 g/mol. The summed E-state index contributed by atoms with van der Waals surface area (Å²) in [4.78, 5) is 19.4. The van der Waals surface area contributed by atoms with Gasteiger partial charge in [-0.3, -0.25) is 0 Å². The lowest BCUT2D eigenvalue weighted by atomic mass is 10.1. The van der Waals surface area contributed by atoms with Crippen molar-refractivity contribution in [3.63, 3.8) is 0 Å². The summed E-state index contributed by atoms with van der Waals surface area (Å²) in [5.74, 6) is 1.70. The number of aliphatic hydroxyl groups is 1. The van der Waals surface area contributed by atoms with Crippen LogP contribution in [0.4, 0.5) is 17.3 Å². The lowest BCUT2D eigenvalue weighted by molar-refractivity contribution is 0.243. The summed E-state index contributed by atoms with van der Waals surface area (Å²) in [7, 11) is 3.75.